The number of carbonyl (C=O) groups is 3. The van der Waals surface area contributed by atoms with Crippen LogP contribution in [-0.2, 0) is 37.8 Å². The Kier molecular flexibility index (Phi) is 8.59. The Hall–Kier alpha value is -3.29. The largest absolute Gasteiger partial charge is 0.455 e. The van der Waals surface area contributed by atoms with Gasteiger partial charge in [0.05, 0.1) is 27.2 Å². The molecule has 2 heterocycles. The molecule has 0 aliphatic carbocycles. The SMILES string of the molecule is CCN(CC)S(=O)(=O)c1ccc2c(c1)nc(CCC(=O)OCC(=O)NNC(=O)c1cccs1)n2C. The number of rotatable bonds is 10. The molecule has 0 aliphatic rings. The molecule has 2 N–H and O–H groups in total. The molecule has 0 bridgehead atoms. The van der Waals surface area contributed by atoms with Crippen molar-refractivity contribution in [2.75, 3.05) is 19.7 Å². The lowest BCUT2D eigenvalue weighted by atomic mass is 10.3. The van der Waals surface area contributed by atoms with Gasteiger partial charge in [-0.1, -0.05) is 19.9 Å². The van der Waals surface area contributed by atoms with E-state index >= 15 is 0 Å². The van der Waals surface area contributed by atoms with Gasteiger partial charge in [-0.15, -0.1) is 11.3 Å². The van der Waals surface area contributed by atoms with Crippen LogP contribution in [0.5, 0.6) is 0 Å². The number of fused-ring (bicyclic) bond motifs is 1. The summed E-state index contributed by atoms with van der Waals surface area (Å²) in [7, 11) is -1.84. The molecule has 0 fully saturated rings. The molecule has 3 aromatic rings. The van der Waals surface area contributed by atoms with Crippen LogP contribution in [0.2, 0.25) is 0 Å². The first-order chi connectivity index (χ1) is 16.7. The van der Waals surface area contributed by atoms with Crippen molar-refractivity contribution >= 4 is 50.2 Å². The van der Waals surface area contributed by atoms with E-state index < -0.39 is 34.4 Å². The maximum atomic E-state index is 12.8. The average molecular weight is 522 g/mol. The van der Waals surface area contributed by atoms with E-state index in [4.69, 9.17) is 4.74 Å². The summed E-state index contributed by atoms with van der Waals surface area (Å²) in [6.45, 7) is 3.75. The molecule has 35 heavy (non-hydrogen) atoms. The number of benzene rings is 1. The van der Waals surface area contributed by atoms with E-state index in [0.717, 1.165) is 5.52 Å². The van der Waals surface area contributed by atoms with E-state index in [2.05, 4.69) is 15.8 Å². The minimum atomic E-state index is -3.61. The zero-order valence-corrected chi connectivity index (χ0v) is 21.2. The van der Waals surface area contributed by atoms with Gasteiger partial charge in [0, 0.05) is 26.6 Å². The summed E-state index contributed by atoms with van der Waals surface area (Å²) in [4.78, 5) is 40.8. The van der Waals surface area contributed by atoms with Crippen molar-refractivity contribution in [2.24, 2.45) is 7.05 Å². The van der Waals surface area contributed by atoms with Crippen LogP contribution in [0.15, 0.2) is 40.6 Å². The van der Waals surface area contributed by atoms with Gasteiger partial charge in [0.15, 0.2) is 6.61 Å². The summed E-state index contributed by atoms with van der Waals surface area (Å²) in [5, 5.41) is 1.73. The van der Waals surface area contributed by atoms with Crippen LogP contribution in [-0.4, -0.2) is 59.8 Å². The first-order valence-electron chi connectivity index (χ1n) is 10.9. The van der Waals surface area contributed by atoms with Crippen LogP contribution < -0.4 is 10.9 Å². The maximum absolute atomic E-state index is 12.8. The smallest absolute Gasteiger partial charge is 0.306 e. The highest BCUT2D eigenvalue weighted by Crippen LogP contribution is 2.22. The highest BCUT2D eigenvalue weighted by atomic mass is 32.2. The number of hydrogen-bond donors (Lipinski definition) is 2. The number of thiophene rings is 1. The van der Waals surface area contributed by atoms with Crippen LogP contribution in [0.3, 0.4) is 0 Å². The second-order valence-electron chi connectivity index (χ2n) is 7.47. The lowest BCUT2D eigenvalue weighted by molar-refractivity contribution is -0.148. The predicted molar refractivity (Wildman–Crippen MR) is 130 cm³/mol. The molecular formula is C22H27N5O6S2. The van der Waals surface area contributed by atoms with Crippen molar-refractivity contribution in [3.8, 4) is 0 Å². The summed E-state index contributed by atoms with van der Waals surface area (Å²) in [6, 6.07) is 8.08. The fraction of sp³-hybridized carbons (Fsp3) is 0.364. The topological polar surface area (TPSA) is 140 Å². The van der Waals surface area contributed by atoms with Crippen LogP contribution in [0, 0.1) is 0 Å². The van der Waals surface area contributed by atoms with Gasteiger partial charge >= 0.3 is 5.97 Å². The van der Waals surface area contributed by atoms with E-state index in [1.807, 2.05) is 0 Å². The van der Waals surface area contributed by atoms with E-state index in [1.165, 1.54) is 21.7 Å². The molecule has 11 nitrogen and oxygen atoms in total. The lowest BCUT2D eigenvalue weighted by Gasteiger charge is -2.18. The van der Waals surface area contributed by atoms with Crippen molar-refractivity contribution in [2.45, 2.75) is 31.6 Å². The minimum Gasteiger partial charge on any atom is -0.455 e. The van der Waals surface area contributed by atoms with Crippen molar-refractivity contribution in [1.29, 1.82) is 0 Å². The summed E-state index contributed by atoms with van der Waals surface area (Å²) >= 11 is 1.22. The molecule has 0 spiro atoms. The summed E-state index contributed by atoms with van der Waals surface area (Å²) in [5.41, 5.74) is 5.66. The van der Waals surface area contributed by atoms with E-state index in [-0.39, 0.29) is 17.7 Å². The fourth-order valence-corrected chi connectivity index (χ4v) is 5.49. The standard InChI is InChI=1S/C22H27N5O6S2/c1-4-27(5-2)35(31,32)15-8-9-17-16(13-15)23-19(26(17)3)10-11-21(29)33-14-20(28)24-25-22(30)18-7-6-12-34-18/h6-9,12-13H,4-5,10-11,14H2,1-3H3,(H,24,28)(H,25,30). The normalized spacial score (nSPS) is 11.5. The van der Waals surface area contributed by atoms with Crippen molar-refractivity contribution in [1.82, 2.24) is 24.7 Å². The maximum Gasteiger partial charge on any atom is 0.306 e. The van der Waals surface area contributed by atoms with Crippen LogP contribution in [0.25, 0.3) is 11.0 Å². The number of aromatic nitrogens is 2. The first-order valence-corrected chi connectivity index (χ1v) is 13.2. The van der Waals surface area contributed by atoms with Gasteiger partial charge in [0.1, 0.15) is 5.82 Å². The van der Waals surface area contributed by atoms with Crippen molar-refractivity contribution in [3.05, 3.63) is 46.4 Å². The first kappa shape index (κ1) is 26.3. The third-order valence-electron chi connectivity index (χ3n) is 5.27. The Labute approximate surface area is 207 Å². The highest BCUT2D eigenvalue weighted by Gasteiger charge is 2.23. The average Bonchev–Trinajstić information content (AvgIpc) is 3.49. The predicted octanol–water partition coefficient (Wildman–Crippen LogP) is 1.60. The molecule has 0 saturated heterocycles. The van der Waals surface area contributed by atoms with Gasteiger partial charge in [-0.25, -0.2) is 13.4 Å². The zero-order valence-electron chi connectivity index (χ0n) is 19.6. The summed E-state index contributed by atoms with van der Waals surface area (Å²) < 4.78 is 33.7. The lowest BCUT2D eigenvalue weighted by Crippen LogP contribution is -2.43. The Bertz CT molecular complexity index is 1310. The van der Waals surface area contributed by atoms with Crippen LogP contribution >= 0.6 is 11.3 Å². The molecule has 1 aromatic carbocycles. The highest BCUT2D eigenvalue weighted by molar-refractivity contribution is 7.89. The van der Waals surface area contributed by atoms with Gasteiger partial charge < -0.3 is 9.30 Å². The monoisotopic (exact) mass is 521 g/mol. The van der Waals surface area contributed by atoms with Crippen LogP contribution in [0.1, 0.15) is 35.8 Å². The molecule has 3 rings (SSSR count). The van der Waals surface area contributed by atoms with Gasteiger partial charge in [0.25, 0.3) is 11.8 Å². The number of hydrazine groups is 1. The van der Waals surface area contributed by atoms with E-state index in [0.29, 0.717) is 29.3 Å². The zero-order chi connectivity index (χ0) is 25.6. The second-order valence-corrected chi connectivity index (χ2v) is 10.4. The van der Waals surface area contributed by atoms with E-state index in [1.54, 1.807) is 55.1 Å². The number of carbonyl (C=O) groups excluding carboxylic acids is 3. The Morgan fingerprint density at radius 1 is 1.14 bits per heavy atom. The molecule has 13 heteroatoms. The Morgan fingerprint density at radius 3 is 2.54 bits per heavy atom. The van der Waals surface area contributed by atoms with Gasteiger partial charge in [-0.3, -0.25) is 25.2 Å². The fourth-order valence-electron chi connectivity index (χ4n) is 3.39. The number of aryl methyl sites for hydroxylation is 2. The van der Waals surface area contributed by atoms with Gasteiger partial charge in [-0.05, 0) is 29.6 Å². The van der Waals surface area contributed by atoms with Gasteiger partial charge in [-0.2, -0.15) is 4.31 Å². The molecular weight excluding hydrogens is 494 g/mol. The summed E-state index contributed by atoms with van der Waals surface area (Å²) in [6.07, 6.45) is 0.204. The van der Waals surface area contributed by atoms with E-state index in [9.17, 15) is 22.8 Å². The number of nitrogens with zero attached hydrogens (tertiary/aromatic N) is 3. The second kappa shape index (κ2) is 11.4. The number of amides is 2. The van der Waals surface area contributed by atoms with Crippen molar-refractivity contribution < 1.29 is 27.5 Å². The number of ether oxygens (including phenoxy) is 1. The third-order valence-corrected chi connectivity index (χ3v) is 8.18. The molecule has 0 aliphatic heterocycles. The number of esters is 1. The Balaban J connectivity index is 1.54. The summed E-state index contributed by atoms with van der Waals surface area (Å²) in [5.74, 6) is -1.17. The number of hydrogen-bond acceptors (Lipinski definition) is 8. The third kappa shape index (κ3) is 6.24. The number of nitrogens with one attached hydrogen (secondary N) is 2. The molecule has 2 aromatic heterocycles. The number of imidazole rings is 1. The molecule has 2 amide bonds. The molecule has 0 radical (unpaired) electrons. The molecule has 0 saturated carbocycles. The molecule has 0 atom stereocenters. The van der Waals surface area contributed by atoms with Crippen LogP contribution in [0.4, 0.5) is 0 Å². The minimum absolute atomic E-state index is 0.0312. The van der Waals surface area contributed by atoms with Crippen molar-refractivity contribution in [3.63, 3.8) is 0 Å². The molecule has 188 valence electrons. The quantitative estimate of drug-likeness (QED) is 0.305. The number of sulfonamides is 1. The molecule has 0 unspecified atom stereocenters. The Morgan fingerprint density at radius 2 is 1.89 bits per heavy atom. The van der Waals surface area contributed by atoms with Gasteiger partial charge in [0.2, 0.25) is 10.0 Å².